The van der Waals surface area contributed by atoms with Crippen molar-refractivity contribution in [3.63, 3.8) is 0 Å². The van der Waals surface area contributed by atoms with E-state index in [2.05, 4.69) is 10.2 Å². The van der Waals surface area contributed by atoms with E-state index in [-0.39, 0.29) is 29.5 Å². The first kappa shape index (κ1) is 19.0. The molecule has 2 unspecified atom stereocenters. The van der Waals surface area contributed by atoms with E-state index in [0.717, 1.165) is 25.9 Å². The van der Waals surface area contributed by atoms with Gasteiger partial charge in [0.15, 0.2) is 9.84 Å². The average molecular weight is 401 g/mol. The van der Waals surface area contributed by atoms with Gasteiger partial charge in [0.2, 0.25) is 0 Å². The predicted octanol–water partition coefficient (Wildman–Crippen LogP) is 2.47. The molecule has 2 aliphatic rings. The van der Waals surface area contributed by atoms with Gasteiger partial charge < -0.3 is 10.1 Å². The Morgan fingerprint density at radius 3 is 2.43 bits per heavy atom. The number of para-hydroxylation sites is 1. The van der Waals surface area contributed by atoms with E-state index in [9.17, 15) is 13.2 Å². The van der Waals surface area contributed by atoms with Crippen LogP contribution in [0.4, 0.5) is 0 Å². The van der Waals surface area contributed by atoms with Crippen LogP contribution in [0.15, 0.2) is 54.6 Å². The minimum Gasteiger partial charge on any atom is -0.457 e. The second kappa shape index (κ2) is 7.93. The lowest BCUT2D eigenvalue weighted by Gasteiger charge is -2.28. The lowest BCUT2D eigenvalue weighted by molar-refractivity contribution is 0.0918. The molecule has 2 saturated heterocycles. The molecule has 1 N–H and O–H groups in total. The number of benzene rings is 2. The SMILES string of the molecule is O=C(NC1CS(=O)(=O)CC1N1CCCC1)c1cccc(Oc2ccccc2)c1. The van der Waals surface area contributed by atoms with Gasteiger partial charge in [-0.3, -0.25) is 9.69 Å². The molecule has 0 radical (unpaired) electrons. The minimum absolute atomic E-state index is 0.000112. The maximum absolute atomic E-state index is 12.8. The van der Waals surface area contributed by atoms with E-state index < -0.39 is 9.84 Å². The molecule has 0 spiro atoms. The molecule has 148 valence electrons. The Bertz CT molecular complexity index is 940. The highest BCUT2D eigenvalue weighted by Gasteiger charge is 2.42. The van der Waals surface area contributed by atoms with Crippen molar-refractivity contribution in [3.8, 4) is 11.5 Å². The number of hydrogen-bond donors (Lipinski definition) is 1. The van der Waals surface area contributed by atoms with E-state index in [1.54, 1.807) is 24.3 Å². The lowest BCUT2D eigenvalue weighted by atomic mass is 10.1. The molecule has 2 atom stereocenters. The van der Waals surface area contributed by atoms with E-state index >= 15 is 0 Å². The molecule has 4 rings (SSSR count). The Kier molecular flexibility index (Phi) is 5.37. The fourth-order valence-corrected chi connectivity index (χ4v) is 5.93. The summed E-state index contributed by atoms with van der Waals surface area (Å²) in [5.41, 5.74) is 0.456. The van der Waals surface area contributed by atoms with Crippen LogP contribution in [0.3, 0.4) is 0 Å². The fraction of sp³-hybridized carbons (Fsp3) is 0.381. The molecule has 2 heterocycles. The van der Waals surface area contributed by atoms with Gasteiger partial charge in [-0.1, -0.05) is 24.3 Å². The summed E-state index contributed by atoms with van der Waals surface area (Å²) in [6, 6.07) is 15.8. The quantitative estimate of drug-likeness (QED) is 0.835. The zero-order chi connectivity index (χ0) is 19.6. The second-order valence-electron chi connectivity index (χ2n) is 7.41. The molecule has 0 saturated carbocycles. The van der Waals surface area contributed by atoms with Crippen molar-refractivity contribution in [2.75, 3.05) is 24.6 Å². The summed E-state index contributed by atoms with van der Waals surface area (Å²) in [5.74, 6) is 1.10. The number of carbonyl (C=O) groups excluding carboxylic acids is 1. The van der Waals surface area contributed by atoms with Gasteiger partial charge in [0, 0.05) is 11.6 Å². The fourth-order valence-electron chi connectivity index (χ4n) is 3.98. The molecule has 1 amide bonds. The highest BCUT2D eigenvalue weighted by molar-refractivity contribution is 7.91. The van der Waals surface area contributed by atoms with Crippen LogP contribution in [0.2, 0.25) is 0 Å². The molecule has 0 aromatic heterocycles. The molecule has 6 nitrogen and oxygen atoms in total. The van der Waals surface area contributed by atoms with Crippen LogP contribution in [-0.2, 0) is 9.84 Å². The molecule has 2 aromatic rings. The maximum atomic E-state index is 12.8. The summed E-state index contributed by atoms with van der Waals surface area (Å²) in [6.45, 7) is 1.79. The van der Waals surface area contributed by atoms with E-state index in [0.29, 0.717) is 17.1 Å². The van der Waals surface area contributed by atoms with Crippen molar-refractivity contribution in [2.45, 2.75) is 24.9 Å². The van der Waals surface area contributed by atoms with Crippen LogP contribution >= 0.6 is 0 Å². The summed E-state index contributed by atoms with van der Waals surface area (Å²) in [6.07, 6.45) is 2.16. The zero-order valence-electron chi connectivity index (χ0n) is 15.6. The predicted molar refractivity (Wildman–Crippen MR) is 107 cm³/mol. The third kappa shape index (κ3) is 4.36. The summed E-state index contributed by atoms with van der Waals surface area (Å²) in [7, 11) is -3.14. The lowest BCUT2D eigenvalue weighted by Crippen LogP contribution is -2.50. The average Bonchev–Trinajstić information content (AvgIpc) is 3.30. The number of nitrogens with zero attached hydrogens (tertiary/aromatic N) is 1. The summed E-state index contributed by atoms with van der Waals surface area (Å²) < 4.78 is 30.2. The largest absolute Gasteiger partial charge is 0.457 e. The molecule has 28 heavy (non-hydrogen) atoms. The molecular weight excluding hydrogens is 376 g/mol. The number of carbonyl (C=O) groups is 1. The smallest absolute Gasteiger partial charge is 0.251 e. The molecule has 2 aromatic carbocycles. The number of hydrogen-bond acceptors (Lipinski definition) is 5. The van der Waals surface area contributed by atoms with Crippen LogP contribution in [0.1, 0.15) is 23.2 Å². The standard InChI is InChI=1S/C21H24N2O4S/c24-21(16-7-6-10-18(13-16)27-17-8-2-1-3-9-17)22-19-14-28(25,26)15-20(19)23-11-4-5-12-23/h1-3,6-10,13,19-20H,4-5,11-12,14-15H2,(H,22,24). The van der Waals surface area contributed by atoms with E-state index in [1.165, 1.54) is 0 Å². The molecule has 2 fully saturated rings. The topological polar surface area (TPSA) is 75.7 Å². The summed E-state index contributed by atoms with van der Waals surface area (Å²) >= 11 is 0. The van der Waals surface area contributed by atoms with Crippen molar-refractivity contribution in [1.82, 2.24) is 10.2 Å². The number of likely N-dealkylation sites (tertiary alicyclic amines) is 1. The van der Waals surface area contributed by atoms with Gasteiger partial charge in [-0.2, -0.15) is 0 Å². The molecule has 7 heteroatoms. The molecular formula is C21H24N2O4S. The Labute approximate surface area is 165 Å². The highest BCUT2D eigenvalue weighted by Crippen LogP contribution is 2.24. The van der Waals surface area contributed by atoms with Gasteiger partial charge in [-0.15, -0.1) is 0 Å². The number of amides is 1. The Hall–Kier alpha value is -2.38. The highest BCUT2D eigenvalue weighted by atomic mass is 32.2. The van der Waals surface area contributed by atoms with Crippen molar-refractivity contribution in [1.29, 1.82) is 0 Å². The number of nitrogens with one attached hydrogen (secondary N) is 1. The van der Waals surface area contributed by atoms with Crippen LogP contribution in [0.5, 0.6) is 11.5 Å². The molecule has 2 aliphatic heterocycles. The monoisotopic (exact) mass is 400 g/mol. The van der Waals surface area contributed by atoms with Gasteiger partial charge in [0.25, 0.3) is 5.91 Å². The molecule has 0 bridgehead atoms. The van der Waals surface area contributed by atoms with Gasteiger partial charge in [-0.25, -0.2) is 8.42 Å². The van der Waals surface area contributed by atoms with Crippen LogP contribution in [0.25, 0.3) is 0 Å². The first-order chi connectivity index (χ1) is 13.5. The minimum atomic E-state index is -3.14. The van der Waals surface area contributed by atoms with Gasteiger partial charge in [0.1, 0.15) is 11.5 Å². The van der Waals surface area contributed by atoms with Crippen LogP contribution in [0, 0.1) is 0 Å². The summed E-state index contributed by atoms with van der Waals surface area (Å²) in [4.78, 5) is 15.0. The van der Waals surface area contributed by atoms with Crippen molar-refractivity contribution < 1.29 is 17.9 Å². The van der Waals surface area contributed by atoms with Crippen LogP contribution < -0.4 is 10.1 Å². The van der Waals surface area contributed by atoms with Crippen LogP contribution in [-0.4, -0.2) is 55.9 Å². The number of sulfone groups is 1. The van der Waals surface area contributed by atoms with Gasteiger partial charge >= 0.3 is 0 Å². The third-order valence-corrected chi connectivity index (χ3v) is 7.04. The molecule has 0 aliphatic carbocycles. The first-order valence-corrected chi connectivity index (χ1v) is 11.4. The zero-order valence-corrected chi connectivity index (χ0v) is 16.4. The normalized spacial score (nSPS) is 24.1. The van der Waals surface area contributed by atoms with E-state index in [1.807, 2.05) is 30.3 Å². The Morgan fingerprint density at radius 2 is 1.68 bits per heavy atom. The van der Waals surface area contributed by atoms with Gasteiger partial charge in [-0.05, 0) is 56.3 Å². The first-order valence-electron chi connectivity index (χ1n) is 9.58. The van der Waals surface area contributed by atoms with Crippen molar-refractivity contribution in [3.05, 3.63) is 60.2 Å². The van der Waals surface area contributed by atoms with E-state index in [4.69, 9.17) is 4.74 Å². The van der Waals surface area contributed by atoms with Crippen molar-refractivity contribution in [2.24, 2.45) is 0 Å². The Morgan fingerprint density at radius 1 is 0.964 bits per heavy atom. The number of ether oxygens (including phenoxy) is 1. The second-order valence-corrected chi connectivity index (χ2v) is 9.56. The maximum Gasteiger partial charge on any atom is 0.251 e. The van der Waals surface area contributed by atoms with Crippen molar-refractivity contribution >= 4 is 15.7 Å². The third-order valence-electron chi connectivity index (χ3n) is 5.32. The Balaban J connectivity index is 1.47. The van der Waals surface area contributed by atoms with Gasteiger partial charge in [0.05, 0.1) is 17.5 Å². The summed E-state index contributed by atoms with van der Waals surface area (Å²) in [5, 5.41) is 2.95. The number of rotatable bonds is 5.